The maximum absolute atomic E-state index is 4.64. The Morgan fingerprint density at radius 2 is 2.05 bits per heavy atom. The fraction of sp³-hybridized carbons (Fsp3) is 0.500. The number of rotatable bonds is 9. The molecule has 0 aliphatic heterocycles. The average Bonchev–Trinajstić information content (AvgIpc) is 2.96. The zero-order valence-electron chi connectivity index (χ0n) is 12.1. The first-order chi connectivity index (χ1) is 9.90. The van der Waals surface area contributed by atoms with Crippen LogP contribution in [-0.4, -0.2) is 23.1 Å². The van der Waals surface area contributed by atoms with E-state index in [9.17, 15) is 0 Å². The molecule has 0 radical (unpaired) electrons. The summed E-state index contributed by atoms with van der Waals surface area (Å²) in [5.74, 6) is 0. The van der Waals surface area contributed by atoms with Crippen molar-refractivity contribution in [2.45, 2.75) is 39.0 Å². The van der Waals surface area contributed by atoms with E-state index in [4.69, 9.17) is 0 Å². The van der Waals surface area contributed by atoms with Crippen molar-refractivity contribution >= 4 is 11.3 Å². The van der Waals surface area contributed by atoms with Crippen molar-refractivity contribution < 1.29 is 0 Å². The molecule has 1 N–H and O–H groups in total. The van der Waals surface area contributed by atoms with Crippen LogP contribution in [0.5, 0.6) is 0 Å². The molecule has 0 spiro atoms. The Hall–Kier alpha value is -1.26. The molecule has 2 aromatic heterocycles. The third-order valence-corrected chi connectivity index (χ3v) is 4.11. The number of hydrogen-bond acceptors (Lipinski definition) is 4. The van der Waals surface area contributed by atoms with Gasteiger partial charge < -0.3 is 5.32 Å². The van der Waals surface area contributed by atoms with Crippen molar-refractivity contribution in [3.05, 3.63) is 34.8 Å². The topological polar surface area (TPSA) is 37.8 Å². The van der Waals surface area contributed by atoms with Crippen LogP contribution < -0.4 is 5.32 Å². The largest absolute Gasteiger partial charge is 0.316 e. The van der Waals surface area contributed by atoms with Crippen molar-refractivity contribution in [1.82, 2.24) is 15.3 Å². The lowest BCUT2D eigenvalue weighted by atomic mass is 10.2. The van der Waals surface area contributed by atoms with Gasteiger partial charge in [0.1, 0.15) is 0 Å². The lowest BCUT2D eigenvalue weighted by Crippen LogP contribution is -2.18. The molecule has 0 atom stereocenters. The van der Waals surface area contributed by atoms with E-state index in [0.717, 1.165) is 30.9 Å². The predicted octanol–water partition coefficient (Wildman–Crippen LogP) is 3.92. The maximum Gasteiger partial charge on any atom is 0.0998 e. The Morgan fingerprint density at radius 3 is 2.85 bits per heavy atom. The summed E-state index contributed by atoms with van der Waals surface area (Å²) in [6.45, 7) is 4.38. The van der Waals surface area contributed by atoms with Crippen LogP contribution >= 0.6 is 11.3 Å². The minimum absolute atomic E-state index is 0.961. The summed E-state index contributed by atoms with van der Waals surface area (Å²) in [7, 11) is 0. The first kappa shape index (κ1) is 15.1. The van der Waals surface area contributed by atoms with Gasteiger partial charge in [-0.05, 0) is 25.1 Å². The molecule has 0 saturated heterocycles. The first-order valence-electron chi connectivity index (χ1n) is 7.46. The second kappa shape index (κ2) is 8.82. The third kappa shape index (κ3) is 5.02. The standard InChI is InChI=1S/C16H23N3S/c1-2-3-4-6-10-17-12-9-16-19-15(13-20-16)14-8-5-7-11-18-14/h5,7-8,11,13,17H,2-4,6,9-10,12H2,1H3. The molecule has 0 aliphatic carbocycles. The summed E-state index contributed by atoms with van der Waals surface area (Å²) in [6.07, 6.45) is 8.09. The molecule has 2 aromatic rings. The number of nitrogens with zero attached hydrogens (tertiary/aromatic N) is 2. The van der Waals surface area contributed by atoms with Gasteiger partial charge in [0, 0.05) is 24.5 Å². The van der Waals surface area contributed by atoms with E-state index in [1.807, 2.05) is 24.4 Å². The maximum atomic E-state index is 4.64. The summed E-state index contributed by atoms with van der Waals surface area (Å²) in [5, 5.41) is 6.78. The van der Waals surface area contributed by atoms with E-state index >= 15 is 0 Å². The second-order valence-corrected chi connectivity index (χ2v) is 5.84. The van der Waals surface area contributed by atoms with Crippen molar-refractivity contribution in [2.24, 2.45) is 0 Å². The second-order valence-electron chi connectivity index (χ2n) is 4.90. The number of unbranched alkanes of at least 4 members (excludes halogenated alkanes) is 3. The van der Waals surface area contributed by atoms with Crippen LogP contribution in [0, 0.1) is 0 Å². The van der Waals surface area contributed by atoms with E-state index < -0.39 is 0 Å². The molecule has 0 saturated carbocycles. The fourth-order valence-electron chi connectivity index (χ4n) is 2.05. The van der Waals surface area contributed by atoms with Gasteiger partial charge >= 0.3 is 0 Å². The highest BCUT2D eigenvalue weighted by Crippen LogP contribution is 2.19. The monoisotopic (exact) mass is 289 g/mol. The van der Waals surface area contributed by atoms with Crippen molar-refractivity contribution in [3.63, 3.8) is 0 Å². The van der Waals surface area contributed by atoms with Gasteiger partial charge in [0.15, 0.2) is 0 Å². The summed E-state index contributed by atoms with van der Waals surface area (Å²) in [6, 6.07) is 5.93. The average molecular weight is 289 g/mol. The minimum Gasteiger partial charge on any atom is -0.316 e. The van der Waals surface area contributed by atoms with Crippen LogP contribution in [0.4, 0.5) is 0 Å². The molecule has 2 heterocycles. The van der Waals surface area contributed by atoms with Crippen LogP contribution in [0.25, 0.3) is 11.4 Å². The van der Waals surface area contributed by atoms with E-state index in [-0.39, 0.29) is 0 Å². The van der Waals surface area contributed by atoms with E-state index in [1.54, 1.807) is 11.3 Å². The van der Waals surface area contributed by atoms with Gasteiger partial charge in [-0.2, -0.15) is 0 Å². The van der Waals surface area contributed by atoms with Gasteiger partial charge in [-0.15, -0.1) is 11.3 Å². The molecule has 0 aliphatic rings. The molecule has 0 aromatic carbocycles. The Bertz CT molecular complexity index is 481. The van der Waals surface area contributed by atoms with Crippen LogP contribution in [0.15, 0.2) is 29.8 Å². The van der Waals surface area contributed by atoms with Crippen LogP contribution in [-0.2, 0) is 6.42 Å². The van der Waals surface area contributed by atoms with Crippen molar-refractivity contribution in [1.29, 1.82) is 0 Å². The zero-order valence-corrected chi connectivity index (χ0v) is 13.0. The number of hydrogen-bond donors (Lipinski definition) is 1. The Morgan fingerprint density at radius 1 is 1.10 bits per heavy atom. The summed E-state index contributed by atoms with van der Waals surface area (Å²) in [4.78, 5) is 8.97. The highest BCUT2D eigenvalue weighted by atomic mass is 32.1. The fourth-order valence-corrected chi connectivity index (χ4v) is 2.85. The van der Waals surface area contributed by atoms with Crippen molar-refractivity contribution in [2.75, 3.05) is 13.1 Å². The van der Waals surface area contributed by atoms with E-state index in [1.165, 1.54) is 30.7 Å². The first-order valence-corrected chi connectivity index (χ1v) is 8.34. The minimum atomic E-state index is 0.961. The van der Waals surface area contributed by atoms with Gasteiger partial charge in [-0.1, -0.05) is 32.3 Å². The molecule has 3 nitrogen and oxygen atoms in total. The van der Waals surface area contributed by atoms with E-state index in [2.05, 4.69) is 27.6 Å². The van der Waals surface area contributed by atoms with Crippen LogP contribution in [0.1, 0.15) is 37.6 Å². The molecular formula is C16H23N3S. The van der Waals surface area contributed by atoms with Crippen molar-refractivity contribution in [3.8, 4) is 11.4 Å². The summed E-state index contributed by atoms with van der Waals surface area (Å²) < 4.78 is 0. The van der Waals surface area contributed by atoms with Gasteiger partial charge in [-0.3, -0.25) is 4.98 Å². The molecule has 0 fully saturated rings. The van der Waals surface area contributed by atoms with Gasteiger partial charge in [-0.25, -0.2) is 4.98 Å². The van der Waals surface area contributed by atoms with Gasteiger partial charge in [0.05, 0.1) is 16.4 Å². The zero-order chi connectivity index (χ0) is 14.0. The number of aromatic nitrogens is 2. The SMILES string of the molecule is CCCCCCNCCc1nc(-c2ccccn2)cs1. The molecule has 0 amide bonds. The van der Waals surface area contributed by atoms with Gasteiger partial charge in [0.2, 0.25) is 0 Å². The molecular weight excluding hydrogens is 266 g/mol. The predicted molar refractivity (Wildman–Crippen MR) is 86.1 cm³/mol. The smallest absolute Gasteiger partial charge is 0.0998 e. The van der Waals surface area contributed by atoms with E-state index in [0.29, 0.717) is 0 Å². The number of nitrogens with one attached hydrogen (secondary N) is 1. The third-order valence-electron chi connectivity index (χ3n) is 3.20. The number of pyridine rings is 1. The van der Waals surface area contributed by atoms with Gasteiger partial charge in [0.25, 0.3) is 0 Å². The molecule has 20 heavy (non-hydrogen) atoms. The molecule has 4 heteroatoms. The Kier molecular flexibility index (Phi) is 6.68. The Labute approximate surface area is 125 Å². The molecule has 0 bridgehead atoms. The molecule has 108 valence electrons. The molecule has 0 unspecified atom stereocenters. The molecule has 2 rings (SSSR count). The van der Waals surface area contributed by atoms with Crippen LogP contribution in [0.2, 0.25) is 0 Å². The summed E-state index contributed by atoms with van der Waals surface area (Å²) in [5.41, 5.74) is 1.95. The highest BCUT2D eigenvalue weighted by molar-refractivity contribution is 7.09. The quantitative estimate of drug-likeness (QED) is 0.711. The lowest BCUT2D eigenvalue weighted by Gasteiger charge is -2.02. The highest BCUT2D eigenvalue weighted by Gasteiger charge is 2.04. The van der Waals surface area contributed by atoms with Crippen LogP contribution in [0.3, 0.4) is 0 Å². The number of thiazole rings is 1. The Balaban J connectivity index is 1.69. The normalized spacial score (nSPS) is 10.8. The lowest BCUT2D eigenvalue weighted by molar-refractivity contribution is 0.598. The summed E-state index contributed by atoms with van der Waals surface area (Å²) >= 11 is 1.73.